The quantitative estimate of drug-likeness (QED) is 0.371. The van der Waals surface area contributed by atoms with Crippen molar-refractivity contribution in [3.63, 3.8) is 0 Å². The van der Waals surface area contributed by atoms with Gasteiger partial charge in [-0.3, -0.25) is 14.7 Å². The Hall–Kier alpha value is -4.35. The maximum absolute atomic E-state index is 13.5. The van der Waals surface area contributed by atoms with E-state index in [0.29, 0.717) is 47.3 Å². The summed E-state index contributed by atoms with van der Waals surface area (Å²) < 4.78 is 17.3. The standard InChI is InChI=1S/C31H37N5O6/c1-20-15-36(21(2)18-37)30(38)13-23-12-24(33-31(39)34-25-5-7-27-28(14-25)41-19-40-27)4-6-26(23)42-29(20)17-35(3)16-22-8-10-32-11-9-22/h4-12,14,20-21,29,37H,13,15-19H2,1-3H3,(H2,33,34,39)/t20?,21-,29-/m0/s1. The predicted molar refractivity (Wildman–Crippen MR) is 158 cm³/mol. The fraction of sp³-hybridized carbons (Fsp3) is 0.387. The summed E-state index contributed by atoms with van der Waals surface area (Å²) in [5.74, 6) is 1.67. The lowest BCUT2D eigenvalue weighted by Crippen LogP contribution is -2.47. The number of aromatic nitrogens is 1. The molecule has 2 aliphatic rings. The van der Waals surface area contributed by atoms with Crippen LogP contribution in [0.25, 0.3) is 0 Å². The Kier molecular flexibility index (Phi) is 9.09. The van der Waals surface area contributed by atoms with Crippen molar-refractivity contribution in [2.75, 3.05) is 44.2 Å². The number of aliphatic hydroxyl groups excluding tert-OH is 1. The van der Waals surface area contributed by atoms with E-state index in [1.165, 1.54) is 0 Å². The van der Waals surface area contributed by atoms with E-state index in [1.54, 1.807) is 53.7 Å². The second-order valence-electron chi connectivity index (χ2n) is 10.9. The summed E-state index contributed by atoms with van der Waals surface area (Å²) in [4.78, 5) is 34.3. The highest BCUT2D eigenvalue weighted by atomic mass is 16.7. The Balaban J connectivity index is 1.34. The summed E-state index contributed by atoms with van der Waals surface area (Å²) >= 11 is 0. The lowest BCUT2D eigenvalue weighted by Gasteiger charge is -2.34. The number of nitrogens with zero attached hydrogens (tertiary/aromatic N) is 3. The first-order valence-electron chi connectivity index (χ1n) is 14.0. The molecule has 0 aliphatic carbocycles. The van der Waals surface area contributed by atoms with Crippen molar-refractivity contribution in [3.8, 4) is 17.2 Å². The number of urea groups is 1. The molecular formula is C31H37N5O6. The van der Waals surface area contributed by atoms with Crippen LogP contribution in [0.2, 0.25) is 0 Å². The molecule has 5 rings (SSSR count). The number of amides is 3. The van der Waals surface area contributed by atoms with Crippen LogP contribution in [0.3, 0.4) is 0 Å². The third kappa shape index (κ3) is 7.10. The summed E-state index contributed by atoms with van der Waals surface area (Å²) in [5.41, 5.74) is 2.87. The van der Waals surface area contributed by atoms with E-state index < -0.39 is 6.03 Å². The van der Waals surface area contributed by atoms with E-state index >= 15 is 0 Å². The van der Waals surface area contributed by atoms with E-state index in [4.69, 9.17) is 14.2 Å². The third-order valence-corrected chi connectivity index (χ3v) is 7.50. The van der Waals surface area contributed by atoms with Crippen LogP contribution in [0, 0.1) is 5.92 Å². The smallest absolute Gasteiger partial charge is 0.323 e. The van der Waals surface area contributed by atoms with Gasteiger partial charge in [-0.2, -0.15) is 0 Å². The fourth-order valence-corrected chi connectivity index (χ4v) is 5.16. The van der Waals surface area contributed by atoms with E-state index in [9.17, 15) is 14.7 Å². The van der Waals surface area contributed by atoms with Crippen LogP contribution in [-0.2, 0) is 17.8 Å². The van der Waals surface area contributed by atoms with Crippen molar-refractivity contribution < 1.29 is 28.9 Å². The molecule has 0 spiro atoms. The fourth-order valence-electron chi connectivity index (χ4n) is 5.16. The number of pyridine rings is 1. The maximum atomic E-state index is 13.5. The Morgan fingerprint density at radius 3 is 2.50 bits per heavy atom. The minimum Gasteiger partial charge on any atom is -0.488 e. The molecule has 11 nitrogen and oxygen atoms in total. The number of anilines is 2. The molecule has 0 saturated heterocycles. The van der Waals surface area contributed by atoms with Crippen LogP contribution in [-0.4, -0.2) is 77.5 Å². The Morgan fingerprint density at radius 2 is 1.76 bits per heavy atom. The van der Waals surface area contributed by atoms with Crippen LogP contribution >= 0.6 is 0 Å². The molecule has 0 radical (unpaired) electrons. The van der Waals surface area contributed by atoms with Crippen molar-refractivity contribution in [1.29, 1.82) is 0 Å². The van der Waals surface area contributed by atoms with Crippen molar-refractivity contribution >= 4 is 23.3 Å². The van der Waals surface area contributed by atoms with Gasteiger partial charge in [0.15, 0.2) is 11.5 Å². The average Bonchev–Trinajstić information content (AvgIpc) is 3.45. The van der Waals surface area contributed by atoms with Gasteiger partial charge < -0.3 is 34.9 Å². The Labute approximate surface area is 245 Å². The lowest BCUT2D eigenvalue weighted by atomic mass is 10.0. The van der Waals surface area contributed by atoms with Crippen molar-refractivity contribution in [3.05, 3.63) is 72.1 Å². The molecule has 0 bridgehead atoms. The molecule has 3 amide bonds. The van der Waals surface area contributed by atoms with E-state index in [2.05, 4.69) is 27.4 Å². The number of hydrogen-bond donors (Lipinski definition) is 3. The number of fused-ring (bicyclic) bond motifs is 2. The zero-order chi connectivity index (χ0) is 29.6. The first-order valence-corrected chi connectivity index (χ1v) is 14.0. The van der Waals surface area contributed by atoms with Crippen LogP contribution in [0.5, 0.6) is 17.2 Å². The summed E-state index contributed by atoms with van der Waals surface area (Å²) in [6.07, 6.45) is 3.40. The Morgan fingerprint density at radius 1 is 1.07 bits per heavy atom. The van der Waals surface area contributed by atoms with Gasteiger partial charge in [0.05, 0.1) is 19.1 Å². The zero-order valence-electron chi connectivity index (χ0n) is 24.1. The normalized spacial score (nSPS) is 18.8. The monoisotopic (exact) mass is 575 g/mol. The molecular weight excluding hydrogens is 538 g/mol. The van der Waals surface area contributed by atoms with Crippen molar-refractivity contribution in [1.82, 2.24) is 14.8 Å². The number of carbonyl (C=O) groups excluding carboxylic acids is 2. The van der Waals surface area contributed by atoms with Gasteiger partial charge in [0.2, 0.25) is 12.7 Å². The van der Waals surface area contributed by atoms with Gasteiger partial charge in [0.25, 0.3) is 0 Å². The number of ether oxygens (including phenoxy) is 3. The summed E-state index contributed by atoms with van der Waals surface area (Å²) in [7, 11) is 2.04. The predicted octanol–water partition coefficient (Wildman–Crippen LogP) is 3.74. The van der Waals surface area contributed by atoms with Gasteiger partial charge in [-0.05, 0) is 62.0 Å². The molecule has 3 N–H and O–H groups in total. The first kappa shape index (κ1) is 29.2. The highest BCUT2D eigenvalue weighted by Gasteiger charge is 2.31. The molecule has 1 unspecified atom stereocenters. The topological polar surface area (TPSA) is 125 Å². The molecule has 0 saturated carbocycles. The number of likely N-dealkylation sites (N-methyl/N-ethyl adjacent to an activating group) is 1. The average molecular weight is 576 g/mol. The van der Waals surface area contributed by atoms with Gasteiger partial charge in [0, 0.05) is 61.0 Å². The summed E-state index contributed by atoms with van der Waals surface area (Å²) in [6, 6.07) is 13.7. The van der Waals surface area contributed by atoms with Crippen molar-refractivity contribution in [2.24, 2.45) is 5.92 Å². The highest BCUT2D eigenvalue weighted by Crippen LogP contribution is 2.34. The van der Waals surface area contributed by atoms with E-state index in [1.807, 2.05) is 26.1 Å². The number of benzene rings is 2. The largest absolute Gasteiger partial charge is 0.488 e. The minimum absolute atomic E-state index is 0.0148. The minimum atomic E-state index is -0.441. The van der Waals surface area contributed by atoms with Gasteiger partial charge in [0.1, 0.15) is 11.9 Å². The van der Waals surface area contributed by atoms with E-state index in [-0.39, 0.29) is 43.8 Å². The number of carbonyl (C=O) groups is 2. The molecule has 222 valence electrons. The van der Waals surface area contributed by atoms with Gasteiger partial charge in [-0.25, -0.2) is 4.79 Å². The van der Waals surface area contributed by atoms with Crippen LogP contribution < -0.4 is 24.8 Å². The second-order valence-corrected chi connectivity index (χ2v) is 10.9. The molecule has 42 heavy (non-hydrogen) atoms. The van der Waals surface area contributed by atoms with Gasteiger partial charge >= 0.3 is 6.03 Å². The summed E-state index contributed by atoms with van der Waals surface area (Å²) in [5, 5.41) is 15.5. The lowest BCUT2D eigenvalue weighted by molar-refractivity contribution is -0.134. The molecule has 1 aromatic heterocycles. The molecule has 3 aromatic rings. The number of hydrogen-bond acceptors (Lipinski definition) is 8. The van der Waals surface area contributed by atoms with Crippen LogP contribution in [0.1, 0.15) is 25.0 Å². The van der Waals surface area contributed by atoms with Crippen LogP contribution in [0.4, 0.5) is 16.2 Å². The Bertz CT molecular complexity index is 1400. The number of aliphatic hydroxyl groups is 1. The molecule has 2 aromatic carbocycles. The second kappa shape index (κ2) is 13.1. The highest BCUT2D eigenvalue weighted by molar-refractivity contribution is 6.00. The van der Waals surface area contributed by atoms with Crippen LogP contribution in [0.15, 0.2) is 60.9 Å². The molecule has 2 aliphatic heterocycles. The van der Waals surface area contributed by atoms with E-state index in [0.717, 1.165) is 12.1 Å². The van der Waals surface area contributed by atoms with Gasteiger partial charge in [-0.15, -0.1) is 0 Å². The van der Waals surface area contributed by atoms with Crippen molar-refractivity contribution in [2.45, 2.75) is 39.0 Å². The maximum Gasteiger partial charge on any atom is 0.323 e. The molecule has 3 heterocycles. The third-order valence-electron chi connectivity index (χ3n) is 7.50. The molecule has 3 atom stereocenters. The zero-order valence-corrected chi connectivity index (χ0v) is 24.1. The summed E-state index contributed by atoms with van der Waals surface area (Å²) in [6.45, 7) is 5.71. The number of rotatable bonds is 8. The first-order chi connectivity index (χ1) is 20.3. The van der Waals surface area contributed by atoms with Gasteiger partial charge in [-0.1, -0.05) is 6.92 Å². The molecule has 11 heteroatoms. The number of nitrogens with one attached hydrogen (secondary N) is 2. The molecule has 0 fully saturated rings. The SMILES string of the molecule is CC1CN([C@@H](C)CO)C(=O)Cc2cc(NC(=O)Nc3ccc4c(c3)OCO4)ccc2O[C@H]1CN(C)Cc1ccncc1.